The minimum Gasteiger partial charge on any atom is -0.461 e. The van der Waals surface area contributed by atoms with Crippen LogP contribution in [0.15, 0.2) is 24.3 Å². The number of ether oxygens (including phenoxy) is 1. The van der Waals surface area contributed by atoms with Crippen LogP contribution in [-0.4, -0.2) is 71.8 Å². The molecule has 2 aromatic rings. The van der Waals surface area contributed by atoms with Crippen LogP contribution in [-0.2, 0) is 4.74 Å². The smallest absolute Gasteiger partial charge is 0.355 e. The monoisotopic (exact) mass is 431 g/mol. The van der Waals surface area contributed by atoms with Crippen molar-refractivity contribution in [3.05, 3.63) is 57.4 Å². The Morgan fingerprint density at radius 2 is 1.77 bits per heavy atom. The number of H-pyrrole nitrogens is 1. The van der Waals surface area contributed by atoms with Crippen molar-refractivity contribution in [2.45, 2.75) is 20.8 Å². The molecule has 3 rings (SSSR count). The molecule has 8 heteroatoms. The summed E-state index contributed by atoms with van der Waals surface area (Å²) < 4.78 is 5.05. The molecule has 0 radical (unpaired) electrons. The number of ketones is 1. The number of nitrogens with one attached hydrogen (secondary N) is 1. The van der Waals surface area contributed by atoms with E-state index in [0.717, 1.165) is 0 Å². The predicted molar refractivity (Wildman–Crippen MR) is 114 cm³/mol. The molecule has 1 fully saturated rings. The van der Waals surface area contributed by atoms with E-state index in [1.54, 1.807) is 49.9 Å². The Balaban J connectivity index is 1.62. The number of aromatic amines is 1. The highest BCUT2D eigenvalue weighted by molar-refractivity contribution is 6.33. The molecular weight excluding hydrogens is 406 g/mol. The second kappa shape index (κ2) is 9.45. The van der Waals surface area contributed by atoms with Crippen molar-refractivity contribution in [3.63, 3.8) is 0 Å². The minimum atomic E-state index is -0.455. The van der Waals surface area contributed by atoms with Crippen molar-refractivity contribution in [2.75, 3.05) is 39.3 Å². The van der Waals surface area contributed by atoms with Gasteiger partial charge in [-0.2, -0.15) is 0 Å². The number of nitrogens with zero attached hydrogens (tertiary/aromatic N) is 2. The number of carbonyl (C=O) groups is 3. The van der Waals surface area contributed by atoms with Gasteiger partial charge < -0.3 is 14.6 Å². The standard InChI is InChI=1S/C22H26ClN3O4/c1-4-30-22(29)20-14(2)19(15(3)24-20)18(27)13-25-9-11-26(12-10-25)21(28)16-7-5-6-8-17(16)23/h5-8,24H,4,9-13H2,1-3H3. The van der Waals surface area contributed by atoms with Gasteiger partial charge in [-0.3, -0.25) is 14.5 Å². The molecule has 0 unspecified atom stereocenters. The Bertz CT molecular complexity index is 961. The first-order valence-corrected chi connectivity index (χ1v) is 10.4. The molecule has 0 saturated carbocycles. The lowest BCUT2D eigenvalue weighted by molar-refractivity contribution is 0.0518. The van der Waals surface area contributed by atoms with Crippen LogP contribution in [0.25, 0.3) is 0 Å². The zero-order valence-electron chi connectivity index (χ0n) is 17.5. The molecule has 0 atom stereocenters. The summed E-state index contributed by atoms with van der Waals surface area (Å²) >= 11 is 6.14. The molecule has 7 nitrogen and oxygen atoms in total. The zero-order chi connectivity index (χ0) is 21.8. The number of hydrogen-bond acceptors (Lipinski definition) is 5. The van der Waals surface area contributed by atoms with Gasteiger partial charge in [-0.1, -0.05) is 23.7 Å². The average molecular weight is 432 g/mol. The summed E-state index contributed by atoms with van der Waals surface area (Å²) in [6.07, 6.45) is 0. The van der Waals surface area contributed by atoms with Crippen LogP contribution in [0.3, 0.4) is 0 Å². The van der Waals surface area contributed by atoms with Crippen molar-refractivity contribution in [3.8, 4) is 0 Å². The van der Waals surface area contributed by atoms with E-state index in [4.69, 9.17) is 16.3 Å². The predicted octanol–water partition coefficient (Wildman–Crippen LogP) is 3.10. The number of aryl methyl sites for hydroxylation is 1. The fourth-order valence-corrected chi connectivity index (χ4v) is 3.99. The minimum absolute atomic E-state index is 0.0531. The van der Waals surface area contributed by atoms with Crippen LogP contribution >= 0.6 is 11.6 Å². The van der Waals surface area contributed by atoms with Gasteiger partial charge >= 0.3 is 5.97 Å². The number of amides is 1. The molecule has 1 aliphatic heterocycles. The third-order valence-electron chi connectivity index (χ3n) is 5.33. The highest BCUT2D eigenvalue weighted by Crippen LogP contribution is 2.21. The molecule has 2 heterocycles. The zero-order valence-corrected chi connectivity index (χ0v) is 18.2. The molecule has 160 valence electrons. The first kappa shape index (κ1) is 22.1. The second-order valence-electron chi connectivity index (χ2n) is 7.32. The maximum Gasteiger partial charge on any atom is 0.355 e. The molecule has 0 aliphatic carbocycles. The first-order chi connectivity index (χ1) is 14.3. The lowest BCUT2D eigenvalue weighted by Gasteiger charge is -2.34. The highest BCUT2D eigenvalue weighted by atomic mass is 35.5. The summed E-state index contributed by atoms with van der Waals surface area (Å²) in [7, 11) is 0. The number of hydrogen-bond donors (Lipinski definition) is 1. The van der Waals surface area contributed by atoms with Crippen LogP contribution in [0.5, 0.6) is 0 Å². The third-order valence-corrected chi connectivity index (χ3v) is 5.66. The average Bonchev–Trinajstić information content (AvgIpc) is 3.03. The van der Waals surface area contributed by atoms with Crippen LogP contribution in [0, 0.1) is 13.8 Å². The number of esters is 1. The number of carbonyl (C=O) groups excluding carboxylic acids is 3. The van der Waals surface area contributed by atoms with Crippen molar-refractivity contribution in [2.24, 2.45) is 0 Å². The maximum atomic E-state index is 12.9. The molecule has 1 aliphatic rings. The van der Waals surface area contributed by atoms with Gasteiger partial charge in [-0.05, 0) is 38.5 Å². The summed E-state index contributed by atoms with van der Waals surface area (Å²) in [6, 6.07) is 7.01. The molecule has 1 saturated heterocycles. The summed E-state index contributed by atoms with van der Waals surface area (Å²) in [4.78, 5) is 44.4. The maximum absolute atomic E-state index is 12.9. The van der Waals surface area contributed by atoms with Crippen LogP contribution < -0.4 is 0 Å². The fourth-order valence-electron chi connectivity index (χ4n) is 3.77. The van der Waals surface area contributed by atoms with Gasteiger partial charge in [0.15, 0.2) is 5.78 Å². The van der Waals surface area contributed by atoms with E-state index in [2.05, 4.69) is 4.98 Å². The number of Topliss-reactive ketones (excluding diaryl/α,β-unsaturated/α-hetero) is 1. The van der Waals surface area contributed by atoms with Crippen molar-refractivity contribution in [1.29, 1.82) is 0 Å². The van der Waals surface area contributed by atoms with Crippen molar-refractivity contribution >= 4 is 29.3 Å². The Morgan fingerprint density at radius 1 is 1.10 bits per heavy atom. The quantitative estimate of drug-likeness (QED) is 0.561. The van der Waals surface area contributed by atoms with Gasteiger partial charge in [0.2, 0.25) is 0 Å². The van der Waals surface area contributed by atoms with E-state index in [-0.39, 0.29) is 24.8 Å². The van der Waals surface area contributed by atoms with Crippen LogP contribution in [0.2, 0.25) is 5.02 Å². The Morgan fingerprint density at radius 3 is 2.40 bits per heavy atom. The van der Waals surface area contributed by atoms with E-state index in [1.165, 1.54) is 0 Å². The van der Waals surface area contributed by atoms with Gasteiger partial charge in [-0.25, -0.2) is 4.79 Å². The molecule has 0 spiro atoms. The lowest BCUT2D eigenvalue weighted by atomic mass is 10.0. The second-order valence-corrected chi connectivity index (χ2v) is 7.72. The number of benzene rings is 1. The van der Waals surface area contributed by atoms with Crippen LogP contribution in [0.4, 0.5) is 0 Å². The topological polar surface area (TPSA) is 82.7 Å². The van der Waals surface area contributed by atoms with E-state index in [0.29, 0.717) is 59.3 Å². The summed E-state index contributed by atoms with van der Waals surface area (Å²) in [6.45, 7) is 8.02. The van der Waals surface area contributed by atoms with Crippen molar-refractivity contribution < 1.29 is 19.1 Å². The SMILES string of the molecule is CCOC(=O)c1[nH]c(C)c(C(=O)CN2CCN(C(=O)c3ccccc3Cl)CC2)c1C. The normalized spacial score (nSPS) is 14.6. The van der Waals surface area contributed by atoms with E-state index in [1.807, 2.05) is 4.90 Å². The van der Waals surface area contributed by atoms with Gasteiger partial charge in [0.25, 0.3) is 5.91 Å². The Kier molecular flexibility index (Phi) is 6.95. The van der Waals surface area contributed by atoms with Crippen LogP contribution in [0.1, 0.15) is 49.4 Å². The van der Waals surface area contributed by atoms with E-state index >= 15 is 0 Å². The summed E-state index contributed by atoms with van der Waals surface area (Å²) in [5.74, 6) is -0.602. The summed E-state index contributed by atoms with van der Waals surface area (Å²) in [5, 5.41) is 0.441. The van der Waals surface area contributed by atoms with Crippen molar-refractivity contribution in [1.82, 2.24) is 14.8 Å². The lowest BCUT2D eigenvalue weighted by Crippen LogP contribution is -2.50. The number of rotatable bonds is 6. The van der Waals surface area contributed by atoms with E-state index < -0.39 is 5.97 Å². The molecule has 1 aromatic carbocycles. The van der Waals surface area contributed by atoms with Gasteiger partial charge in [0, 0.05) is 37.4 Å². The largest absolute Gasteiger partial charge is 0.461 e. The fraction of sp³-hybridized carbons (Fsp3) is 0.409. The Labute approximate surface area is 180 Å². The number of aromatic nitrogens is 1. The molecule has 1 amide bonds. The number of piperazine rings is 1. The molecule has 1 aromatic heterocycles. The first-order valence-electron chi connectivity index (χ1n) is 9.99. The molecule has 1 N–H and O–H groups in total. The van der Waals surface area contributed by atoms with E-state index in [9.17, 15) is 14.4 Å². The number of halogens is 1. The van der Waals surface area contributed by atoms with Gasteiger partial charge in [0.1, 0.15) is 5.69 Å². The summed E-state index contributed by atoms with van der Waals surface area (Å²) in [5.41, 5.74) is 2.63. The highest BCUT2D eigenvalue weighted by Gasteiger charge is 2.27. The van der Waals surface area contributed by atoms with Gasteiger partial charge in [0.05, 0.1) is 23.7 Å². The Hall–Kier alpha value is -2.64. The third kappa shape index (κ3) is 4.57. The van der Waals surface area contributed by atoms with Gasteiger partial charge in [-0.15, -0.1) is 0 Å². The molecule has 30 heavy (non-hydrogen) atoms. The molecule has 0 bridgehead atoms. The molecular formula is C22H26ClN3O4.